The molecule has 1 unspecified atom stereocenters. The van der Waals surface area contributed by atoms with Gasteiger partial charge in [-0.25, -0.2) is 0 Å². The molecule has 1 amide bonds. The highest BCUT2D eigenvalue weighted by molar-refractivity contribution is 7.99. The van der Waals surface area contributed by atoms with Gasteiger partial charge >= 0.3 is 5.97 Å². The Morgan fingerprint density at radius 2 is 2.10 bits per heavy atom. The number of carbonyl (C=O) groups excluding carboxylic acids is 2. The van der Waals surface area contributed by atoms with Crippen LogP contribution in [0.15, 0.2) is 30.3 Å². The molecule has 2 rings (SSSR count). The molecule has 1 aliphatic rings. The van der Waals surface area contributed by atoms with Crippen LogP contribution in [0.4, 0.5) is 0 Å². The van der Waals surface area contributed by atoms with E-state index in [2.05, 4.69) is 0 Å². The van der Waals surface area contributed by atoms with Gasteiger partial charge in [0.2, 0.25) is 5.91 Å². The maximum absolute atomic E-state index is 12.6. The molecule has 21 heavy (non-hydrogen) atoms. The number of nitrogens with zero attached hydrogens (tertiary/aromatic N) is 1. The summed E-state index contributed by atoms with van der Waals surface area (Å²) in [5.41, 5.74) is 1.03. The molecule has 1 saturated heterocycles. The molecule has 0 aliphatic carbocycles. The summed E-state index contributed by atoms with van der Waals surface area (Å²) in [5.74, 6) is 1.64. The predicted molar refractivity (Wildman–Crippen MR) is 83.9 cm³/mol. The van der Waals surface area contributed by atoms with Crippen LogP contribution in [0.3, 0.4) is 0 Å². The number of hydrogen-bond donors (Lipinski definition) is 0. The van der Waals surface area contributed by atoms with Gasteiger partial charge in [-0.1, -0.05) is 30.3 Å². The Morgan fingerprint density at radius 3 is 2.71 bits per heavy atom. The number of carbonyl (C=O) groups is 2. The second kappa shape index (κ2) is 8.08. The standard InChI is InChI=1S/C16H21NO3S/c1-2-20-15(18)11-17(10-13-6-4-3-5-7-13)16(19)14-8-9-21-12-14/h3-7,14H,2,8-12H2,1H3. The molecule has 114 valence electrons. The van der Waals surface area contributed by atoms with E-state index in [1.807, 2.05) is 30.3 Å². The number of ether oxygens (including phenoxy) is 1. The molecule has 0 spiro atoms. The summed E-state index contributed by atoms with van der Waals surface area (Å²) < 4.78 is 4.98. The first-order valence-electron chi connectivity index (χ1n) is 7.26. The smallest absolute Gasteiger partial charge is 0.325 e. The third-order valence-corrected chi connectivity index (χ3v) is 4.59. The van der Waals surface area contributed by atoms with Crippen LogP contribution in [0.25, 0.3) is 0 Å². The Morgan fingerprint density at radius 1 is 1.33 bits per heavy atom. The lowest BCUT2D eigenvalue weighted by molar-refractivity contribution is -0.150. The molecule has 4 nitrogen and oxygen atoms in total. The van der Waals surface area contributed by atoms with Crippen LogP contribution < -0.4 is 0 Å². The quantitative estimate of drug-likeness (QED) is 0.757. The van der Waals surface area contributed by atoms with Crippen molar-refractivity contribution in [3.63, 3.8) is 0 Å². The molecule has 0 saturated carbocycles. The fourth-order valence-electron chi connectivity index (χ4n) is 2.37. The third kappa shape index (κ3) is 4.77. The highest BCUT2D eigenvalue weighted by Gasteiger charge is 2.29. The largest absolute Gasteiger partial charge is 0.465 e. The van der Waals surface area contributed by atoms with Crippen molar-refractivity contribution in [3.05, 3.63) is 35.9 Å². The van der Waals surface area contributed by atoms with Crippen molar-refractivity contribution in [2.24, 2.45) is 5.92 Å². The zero-order valence-electron chi connectivity index (χ0n) is 12.3. The summed E-state index contributed by atoms with van der Waals surface area (Å²) in [6, 6.07) is 9.75. The minimum atomic E-state index is -0.340. The van der Waals surface area contributed by atoms with Gasteiger partial charge < -0.3 is 9.64 Å². The Labute approximate surface area is 129 Å². The molecule has 1 aromatic carbocycles. The Kier molecular flexibility index (Phi) is 6.11. The van der Waals surface area contributed by atoms with E-state index in [4.69, 9.17) is 4.74 Å². The second-order valence-electron chi connectivity index (χ2n) is 5.05. The lowest BCUT2D eigenvalue weighted by atomic mass is 10.1. The van der Waals surface area contributed by atoms with Crippen LogP contribution in [0.2, 0.25) is 0 Å². The molecular weight excluding hydrogens is 286 g/mol. The van der Waals surface area contributed by atoms with E-state index < -0.39 is 0 Å². The van der Waals surface area contributed by atoms with Crippen molar-refractivity contribution in [2.45, 2.75) is 19.9 Å². The maximum atomic E-state index is 12.6. The van der Waals surface area contributed by atoms with E-state index >= 15 is 0 Å². The monoisotopic (exact) mass is 307 g/mol. The summed E-state index contributed by atoms with van der Waals surface area (Å²) in [6.45, 7) is 2.60. The third-order valence-electron chi connectivity index (χ3n) is 3.43. The van der Waals surface area contributed by atoms with Gasteiger partial charge in [0.05, 0.1) is 6.61 Å². The number of hydrogen-bond acceptors (Lipinski definition) is 4. The predicted octanol–water partition coefficient (Wildman–Crippen LogP) is 2.33. The Bertz CT molecular complexity index is 472. The van der Waals surface area contributed by atoms with E-state index in [0.717, 1.165) is 23.5 Å². The molecule has 1 aromatic rings. The van der Waals surface area contributed by atoms with Gasteiger partial charge in [0, 0.05) is 18.2 Å². The van der Waals surface area contributed by atoms with Gasteiger partial charge in [0.1, 0.15) is 6.54 Å². The van der Waals surface area contributed by atoms with Gasteiger partial charge in [-0.05, 0) is 24.7 Å². The van der Waals surface area contributed by atoms with Gasteiger partial charge in [-0.3, -0.25) is 9.59 Å². The minimum Gasteiger partial charge on any atom is -0.465 e. The van der Waals surface area contributed by atoms with E-state index in [-0.39, 0.29) is 24.3 Å². The summed E-state index contributed by atoms with van der Waals surface area (Å²) >= 11 is 1.80. The van der Waals surface area contributed by atoms with E-state index in [9.17, 15) is 9.59 Å². The first-order valence-corrected chi connectivity index (χ1v) is 8.42. The molecule has 0 bridgehead atoms. The topological polar surface area (TPSA) is 46.6 Å². The van der Waals surface area contributed by atoms with Crippen molar-refractivity contribution in [1.29, 1.82) is 0 Å². The fraction of sp³-hybridized carbons (Fsp3) is 0.500. The van der Waals surface area contributed by atoms with Crippen LogP contribution in [0, 0.1) is 5.92 Å². The van der Waals surface area contributed by atoms with Crippen molar-refractivity contribution in [1.82, 2.24) is 4.90 Å². The zero-order chi connectivity index (χ0) is 15.1. The second-order valence-corrected chi connectivity index (χ2v) is 6.20. The number of rotatable bonds is 6. The molecule has 1 heterocycles. The Balaban J connectivity index is 2.05. The van der Waals surface area contributed by atoms with E-state index in [0.29, 0.717) is 13.2 Å². The van der Waals surface area contributed by atoms with Crippen LogP contribution in [-0.2, 0) is 20.9 Å². The molecule has 0 aromatic heterocycles. The lowest BCUT2D eigenvalue weighted by Crippen LogP contribution is -2.39. The summed E-state index contributed by atoms with van der Waals surface area (Å²) in [6.07, 6.45) is 0.900. The minimum absolute atomic E-state index is 0.0305. The SMILES string of the molecule is CCOC(=O)CN(Cc1ccccc1)C(=O)C1CCSC1. The van der Waals surface area contributed by atoms with Crippen molar-refractivity contribution < 1.29 is 14.3 Å². The molecule has 1 aliphatic heterocycles. The molecule has 1 atom stereocenters. The highest BCUT2D eigenvalue weighted by atomic mass is 32.2. The van der Waals surface area contributed by atoms with E-state index in [1.54, 1.807) is 23.6 Å². The lowest BCUT2D eigenvalue weighted by Gasteiger charge is -2.24. The van der Waals surface area contributed by atoms with Crippen molar-refractivity contribution in [3.8, 4) is 0 Å². The number of thioether (sulfide) groups is 1. The fourth-order valence-corrected chi connectivity index (χ4v) is 3.58. The van der Waals surface area contributed by atoms with Crippen LogP contribution in [0.5, 0.6) is 0 Å². The normalized spacial score (nSPS) is 17.5. The summed E-state index contributed by atoms with van der Waals surface area (Å²) in [5, 5.41) is 0. The van der Waals surface area contributed by atoms with Gasteiger partial charge in [-0.2, -0.15) is 11.8 Å². The number of esters is 1. The zero-order valence-corrected chi connectivity index (χ0v) is 13.1. The molecular formula is C16H21NO3S. The molecule has 1 fully saturated rings. The first kappa shape index (κ1) is 15.9. The summed E-state index contributed by atoms with van der Waals surface area (Å²) in [4.78, 5) is 26.0. The molecule has 5 heteroatoms. The van der Waals surface area contributed by atoms with Crippen LogP contribution in [-0.4, -0.2) is 41.4 Å². The van der Waals surface area contributed by atoms with Crippen molar-refractivity contribution >= 4 is 23.6 Å². The number of benzene rings is 1. The van der Waals surface area contributed by atoms with Crippen LogP contribution >= 0.6 is 11.8 Å². The first-order chi connectivity index (χ1) is 10.2. The maximum Gasteiger partial charge on any atom is 0.325 e. The Hall–Kier alpha value is -1.49. The van der Waals surface area contributed by atoms with Crippen LogP contribution in [0.1, 0.15) is 18.9 Å². The van der Waals surface area contributed by atoms with Gasteiger partial charge in [0.25, 0.3) is 0 Å². The number of amides is 1. The van der Waals surface area contributed by atoms with Crippen molar-refractivity contribution in [2.75, 3.05) is 24.7 Å². The van der Waals surface area contributed by atoms with Gasteiger partial charge in [0.15, 0.2) is 0 Å². The average molecular weight is 307 g/mol. The van der Waals surface area contributed by atoms with E-state index in [1.165, 1.54) is 0 Å². The molecule has 0 radical (unpaired) electrons. The summed E-state index contributed by atoms with van der Waals surface area (Å²) in [7, 11) is 0. The average Bonchev–Trinajstić information content (AvgIpc) is 3.01. The van der Waals surface area contributed by atoms with Gasteiger partial charge in [-0.15, -0.1) is 0 Å². The molecule has 0 N–H and O–H groups in total. The highest BCUT2D eigenvalue weighted by Crippen LogP contribution is 2.25.